The Labute approximate surface area is 197 Å². The molecule has 0 aliphatic rings. The number of hydrogen-bond donors (Lipinski definition) is 2. The van der Waals surface area contributed by atoms with Gasteiger partial charge >= 0.3 is 0 Å². The minimum atomic E-state index is -0.650. The maximum atomic E-state index is 12.3. The largest absolute Gasteiger partial charge is 0.347 e. The first-order valence-electron chi connectivity index (χ1n) is 11.3. The summed E-state index contributed by atoms with van der Waals surface area (Å²) < 4.78 is 0. The standard InChI is InChI=1S/C28H34N2O3/c1-20(18-28(3,4)5)27(33)29-19-26(32)30-25(21(2)31)17-24-15-13-23(14-16-24)12-11-22-9-7-6-8-10-22/h6-10,13-16,20,25H,17-19H2,1-5H3,(H,29,33)(H,30,32)/t20-,25+/m1/s1. The third-order valence-electron chi connectivity index (χ3n) is 5.13. The smallest absolute Gasteiger partial charge is 0.239 e. The Hall–Kier alpha value is -3.39. The van der Waals surface area contributed by atoms with E-state index < -0.39 is 6.04 Å². The molecular weight excluding hydrogens is 412 g/mol. The van der Waals surface area contributed by atoms with Gasteiger partial charge in [-0.25, -0.2) is 0 Å². The van der Waals surface area contributed by atoms with Crippen LogP contribution in [0.1, 0.15) is 57.7 Å². The van der Waals surface area contributed by atoms with Gasteiger partial charge in [0, 0.05) is 17.0 Å². The van der Waals surface area contributed by atoms with Crippen LogP contribution in [-0.2, 0) is 20.8 Å². The molecule has 0 radical (unpaired) electrons. The summed E-state index contributed by atoms with van der Waals surface area (Å²) in [4.78, 5) is 36.7. The van der Waals surface area contributed by atoms with Gasteiger partial charge in [-0.3, -0.25) is 14.4 Å². The molecule has 2 aromatic carbocycles. The van der Waals surface area contributed by atoms with E-state index >= 15 is 0 Å². The van der Waals surface area contributed by atoms with Gasteiger partial charge in [0.25, 0.3) is 0 Å². The Morgan fingerprint density at radius 1 is 0.909 bits per heavy atom. The molecule has 174 valence electrons. The van der Waals surface area contributed by atoms with E-state index in [4.69, 9.17) is 0 Å². The van der Waals surface area contributed by atoms with E-state index in [2.05, 4.69) is 43.2 Å². The van der Waals surface area contributed by atoms with Crippen LogP contribution in [0.4, 0.5) is 0 Å². The molecular formula is C28H34N2O3. The lowest BCUT2D eigenvalue weighted by Gasteiger charge is -2.22. The molecule has 0 aliphatic carbocycles. The summed E-state index contributed by atoms with van der Waals surface area (Å²) in [5.74, 6) is 5.37. The van der Waals surface area contributed by atoms with Crippen molar-refractivity contribution < 1.29 is 14.4 Å². The zero-order valence-corrected chi connectivity index (χ0v) is 20.2. The second-order valence-corrected chi connectivity index (χ2v) is 9.63. The molecule has 5 heteroatoms. The van der Waals surface area contributed by atoms with Gasteiger partial charge in [-0.1, -0.05) is 69.9 Å². The molecule has 0 saturated heterocycles. The summed E-state index contributed by atoms with van der Waals surface area (Å²) in [5, 5.41) is 5.41. The van der Waals surface area contributed by atoms with Crippen molar-refractivity contribution >= 4 is 17.6 Å². The van der Waals surface area contributed by atoms with Crippen molar-refractivity contribution in [2.45, 2.75) is 53.5 Å². The number of hydrogen-bond acceptors (Lipinski definition) is 3. The van der Waals surface area contributed by atoms with Crippen LogP contribution in [0.3, 0.4) is 0 Å². The first kappa shape index (κ1) is 25.9. The van der Waals surface area contributed by atoms with Crippen molar-refractivity contribution in [2.75, 3.05) is 6.54 Å². The van der Waals surface area contributed by atoms with Crippen LogP contribution in [0.5, 0.6) is 0 Å². The van der Waals surface area contributed by atoms with Gasteiger partial charge in [0.1, 0.15) is 0 Å². The molecule has 5 nitrogen and oxygen atoms in total. The minimum absolute atomic E-state index is 0.0292. The molecule has 0 bridgehead atoms. The highest BCUT2D eigenvalue weighted by Crippen LogP contribution is 2.24. The average molecular weight is 447 g/mol. The van der Waals surface area contributed by atoms with Crippen molar-refractivity contribution in [2.24, 2.45) is 11.3 Å². The van der Waals surface area contributed by atoms with Crippen LogP contribution in [0.25, 0.3) is 0 Å². The van der Waals surface area contributed by atoms with Crippen molar-refractivity contribution in [3.8, 4) is 11.8 Å². The molecule has 0 unspecified atom stereocenters. The van der Waals surface area contributed by atoms with Gasteiger partial charge in [0.15, 0.2) is 5.78 Å². The van der Waals surface area contributed by atoms with Gasteiger partial charge in [-0.05, 0) is 55.0 Å². The van der Waals surface area contributed by atoms with Crippen molar-refractivity contribution in [3.63, 3.8) is 0 Å². The Kier molecular flexibility index (Phi) is 9.42. The molecule has 0 aliphatic heterocycles. The molecule has 0 aromatic heterocycles. The Morgan fingerprint density at radius 2 is 1.48 bits per heavy atom. The first-order valence-corrected chi connectivity index (χ1v) is 11.3. The Morgan fingerprint density at radius 3 is 2.03 bits per heavy atom. The van der Waals surface area contributed by atoms with Crippen molar-refractivity contribution in [1.82, 2.24) is 10.6 Å². The van der Waals surface area contributed by atoms with Crippen LogP contribution in [0.2, 0.25) is 0 Å². The number of ketones is 1. The van der Waals surface area contributed by atoms with Crippen LogP contribution < -0.4 is 10.6 Å². The number of rotatable bonds is 8. The van der Waals surface area contributed by atoms with E-state index in [0.717, 1.165) is 23.1 Å². The lowest BCUT2D eigenvalue weighted by atomic mass is 9.85. The summed E-state index contributed by atoms with van der Waals surface area (Å²) in [6.07, 6.45) is 1.10. The molecule has 2 aromatic rings. The Bertz CT molecular complexity index is 1010. The topological polar surface area (TPSA) is 75.3 Å². The highest BCUT2D eigenvalue weighted by atomic mass is 16.2. The number of nitrogens with one attached hydrogen (secondary N) is 2. The SMILES string of the molecule is CC(=O)[C@H](Cc1ccc(C#Cc2ccccc2)cc1)NC(=O)CNC(=O)[C@H](C)CC(C)(C)C. The average Bonchev–Trinajstić information content (AvgIpc) is 2.76. The maximum Gasteiger partial charge on any atom is 0.239 e. The van der Waals surface area contributed by atoms with Gasteiger partial charge in [-0.15, -0.1) is 0 Å². The van der Waals surface area contributed by atoms with Crippen molar-refractivity contribution in [1.29, 1.82) is 0 Å². The van der Waals surface area contributed by atoms with E-state index in [9.17, 15) is 14.4 Å². The van der Waals surface area contributed by atoms with E-state index in [1.165, 1.54) is 6.92 Å². The van der Waals surface area contributed by atoms with E-state index in [1.807, 2.05) is 61.5 Å². The van der Waals surface area contributed by atoms with E-state index in [0.29, 0.717) is 6.42 Å². The maximum absolute atomic E-state index is 12.3. The van der Waals surface area contributed by atoms with Crippen LogP contribution in [0, 0.1) is 23.2 Å². The number of benzene rings is 2. The van der Waals surface area contributed by atoms with Crippen LogP contribution >= 0.6 is 0 Å². The summed E-state index contributed by atoms with van der Waals surface area (Å²) in [5.41, 5.74) is 2.77. The molecule has 2 amide bonds. The van der Waals surface area contributed by atoms with E-state index in [1.54, 1.807) is 0 Å². The Balaban J connectivity index is 1.90. The monoisotopic (exact) mass is 446 g/mol. The molecule has 0 heterocycles. The molecule has 2 rings (SSSR count). The second-order valence-electron chi connectivity index (χ2n) is 9.63. The predicted octanol–water partition coefficient (Wildman–Crippen LogP) is 3.89. The summed E-state index contributed by atoms with van der Waals surface area (Å²) in [6, 6.07) is 16.7. The minimum Gasteiger partial charge on any atom is -0.347 e. The zero-order chi connectivity index (χ0) is 24.4. The summed E-state index contributed by atoms with van der Waals surface area (Å²) in [7, 11) is 0. The van der Waals surface area contributed by atoms with Crippen molar-refractivity contribution in [3.05, 3.63) is 71.3 Å². The lowest BCUT2D eigenvalue weighted by molar-refractivity contribution is -0.130. The van der Waals surface area contributed by atoms with Gasteiger partial charge in [0.05, 0.1) is 12.6 Å². The zero-order valence-electron chi connectivity index (χ0n) is 20.2. The second kappa shape index (κ2) is 12.0. The third-order valence-corrected chi connectivity index (χ3v) is 5.13. The highest BCUT2D eigenvalue weighted by Gasteiger charge is 2.22. The number of carbonyl (C=O) groups is 3. The number of amides is 2. The number of Topliss-reactive ketones (excluding diaryl/α,β-unsaturated/α-hetero) is 1. The summed E-state index contributed by atoms with van der Waals surface area (Å²) in [6.45, 7) is 9.38. The fourth-order valence-corrected chi connectivity index (χ4v) is 3.52. The molecule has 0 fully saturated rings. The normalized spacial score (nSPS) is 12.6. The van der Waals surface area contributed by atoms with E-state index in [-0.39, 0.29) is 35.5 Å². The predicted molar refractivity (Wildman–Crippen MR) is 131 cm³/mol. The third kappa shape index (κ3) is 9.74. The van der Waals surface area contributed by atoms with Gasteiger partial charge in [-0.2, -0.15) is 0 Å². The highest BCUT2D eigenvalue weighted by molar-refractivity contribution is 5.90. The molecule has 2 N–H and O–H groups in total. The molecule has 0 spiro atoms. The molecule has 2 atom stereocenters. The summed E-state index contributed by atoms with van der Waals surface area (Å²) >= 11 is 0. The van der Waals surface area contributed by atoms with Crippen LogP contribution in [-0.4, -0.2) is 30.2 Å². The molecule has 0 saturated carbocycles. The number of carbonyl (C=O) groups excluding carboxylic acids is 3. The van der Waals surface area contributed by atoms with Gasteiger partial charge in [0.2, 0.25) is 11.8 Å². The van der Waals surface area contributed by atoms with Crippen LogP contribution in [0.15, 0.2) is 54.6 Å². The quantitative estimate of drug-likeness (QED) is 0.604. The van der Waals surface area contributed by atoms with Gasteiger partial charge < -0.3 is 10.6 Å². The lowest BCUT2D eigenvalue weighted by Crippen LogP contribution is -2.46. The fraction of sp³-hybridized carbons (Fsp3) is 0.393. The first-order chi connectivity index (χ1) is 15.5. The fourth-order valence-electron chi connectivity index (χ4n) is 3.52. The molecule has 33 heavy (non-hydrogen) atoms.